The molecule has 0 aliphatic rings. The van der Waals surface area contributed by atoms with Crippen LogP contribution in [0.3, 0.4) is 0 Å². The third kappa shape index (κ3) is 5.06. The molecule has 0 saturated carbocycles. The smallest absolute Gasteiger partial charge is 0.338 e. The van der Waals surface area contributed by atoms with Crippen molar-refractivity contribution < 1.29 is 9.53 Å². The Morgan fingerprint density at radius 2 is 2.12 bits per heavy atom. The third-order valence-corrected chi connectivity index (χ3v) is 2.08. The van der Waals surface area contributed by atoms with Gasteiger partial charge >= 0.3 is 5.97 Å². The van der Waals surface area contributed by atoms with E-state index in [9.17, 15) is 4.79 Å². The molecule has 0 unspecified atom stereocenters. The van der Waals surface area contributed by atoms with E-state index in [1.807, 2.05) is 26.8 Å². The SMILES string of the molecule is CC(C)(C)OC(=O)c1cccc(C#CCBr)c1. The molecule has 0 fully saturated rings. The van der Waals surface area contributed by atoms with Crippen molar-refractivity contribution in [1.29, 1.82) is 0 Å². The molecule has 0 saturated heterocycles. The Labute approximate surface area is 110 Å². The van der Waals surface area contributed by atoms with Gasteiger partial charge in [-0.1, -0.05) is 33.8 Å². The molecule has 0 aromatic heterocycles. The van der Waals surface area contributed by atoms with Gasteiger partial charge in [-0.25, -0.2) is 4.79 Å². The van der Waals surface area contributed by atoms with E-state index in [0.29, 0.717) is 10.9 Å². The number of rotatable bonds is 1. The molecule has 2 nitrogen and oxygen atoms in total. The fraction of sp³-hybridized carbons (Fsp3) is 0.357. The molecule has 0 bridgehead atoms. The number of carbonyl (C=O) groups excluding carboxylic acids is 1. The van der Waals surface area contributed by atoms with E-state index in [-0.39, 0.29) is 5.97 Å². The standard InChI is InChI=1S/C14H15BrO2/c1-14(2,3)17-13(16)12-8-4-6-11(10-12)7-5-9-15/h4,6,8,10H,9H2,1-3H3. The van der Waals surface area contributed by atoms with Crippen molar-refractivity contribution >= 4 is 21.9 Å². The minimum atomic E-state index is -0.478. The van der Waals surface area contributed by atoms with Crippen LogP contribution in [-0.4, -0.2) is 16.9 Å². The lowest BCUT2D eigenvalue weighted by Crippen LogP contribution is -2.23. The molecule has 0 heterocycles. The molecule has 1 rings (SSSR count). The van der Waals surface area contributed by atoms with Crippen LogP contribution in [0.4, 0.5) is 0 Å². The van der Waals surface area contributed by atoms with Gasteiger partial charge in [0.05, 0.1) is 10.9 Å². The van der Waals surface area contributed by atoms with Gasteiger partial charge in [0.25, 0.3) is 0 Å². The van der Waals surface area contributed by atoms with Gasteiger partial charge in [-0.3, -0.25) is 0 Å². The fourth-order valence-electron chi connectivity index (χ4n) is 1.20. The number of carbonyl (C=O) groups is 1. The molecule has 90 valence electrons. The van der Waals surface area contributed by atoms with E-state index in [2.05, 4.69) is 27.8 Å². The summed E-state index contributed by atoms with van der Waals surface area (Å²) >= 11 is 3.23. The second kappa shape index (κ2) is 5.88. The summed E-state index contributed by atoms with van der Waals surface area (Å²) in [6.07, 6.45) is 0. The zero-order valence-corrected chi connectivity index (χ0v) is 11.8. The van der Waals surface area contributed by atoms with Gasteiger partial charge in [0.1, 0.15) is 5.60 Å². The quantitative estimate of drug-likeness (QED) is 0.451. The Morgan fingerprint density at radius 1 is 1.41 bits per heavy atom. The second-order valence-electron chi connectivity index (χ2n) is 4.52. The molecular weight excluding hydrogens is 280 g/mol. The average molecular weight is 295 g/mol. The molecule has 3 heteroatoms. The second-order valence-corrected chi connectivity index (χ2v) is 5.08. The number of hydrogen-bond donors (Lipinski definition) is 0. The molecule has 0 spiro atoms. The first kappa shape index (κ1) is 13.8. The summed E-state index contributed by atoms with van der Waals surface area (Å²) in [6, 6.07) is 7.14. The van der Waals surface area contributed by atoms with Crippen LogP contribution in [0.15, 0.2) is 24.3 Å². The monoisotopic (exact) mass is 294 g/mol. The summed E-state index contributed by atoms with van der Waals surface area (Å²) in [5.74, 6) is 5.52. The number of alkyl halides is 1. The minimum Gasteiger partial charge on any atom is -0.456 e. The summed E-state index contributed by atoms with van der Waals surface area (Å²) in [5, 5.41) is 0.615. The highest BCUT2D eigenvalue weighted by Crippen LogP contribution is 2.13. The molecule has 17 heavy (non-hydrogen) atoms. The lowest BCUT2D eigenvalue weighted by atomic mass is 10.1. The predicted molar refractivity (Wildman–Crippen MR) is 72.3 cm³/mol. The molecule has 1 aromatic carbocycles. The van der Waals surface area contributed by atoms with Crippen molar-refractivity contribution in [2.75, 3.05) is 5.33 Å². The highest BCUT2D eigenvalue weighted by molar-refractivity contribution is 9.09. The van der Waals surface area contributed by atoms with Gasteiger partial charge in [-0.05, 0) is 39.0 Å². The van der Waals surface area contributed by atoms with Gasteiger partial charge in [0.15, 0.2) is 0 Å². The predicted octanol–water partition coefficient (Wildman–Crippen LogP) is 3.39. The Morgan fingerprint density at radius 3 is 2.71 bits per heavy atom. The van der Waals surface area contributed by atoms with Crippen molar-refractivity contribution in [3.05, 3.63) is 35.4 Å². The fourth-order valence-corrected chi connectivity index (χ4v) is 1.34. The zero-order chi connectivity index (χ0) is 12.9. The highest BCUT2D eigenvalue weighted by atomic mass is 79.9. The Hall–Kier alpha value is -1.27. The maximum Gasteiger partial charge on any atom is 0.338 e. The van der Waals surface area contributed by atoms with E-state index in [1.165, 1.54) is 0 Å². The molecular formula is C14H15BrO2. The summed E-state index contributed by atoms with van der Waals surface area (Å²) in [6.45, 7) is 5.54. The first-order valence-electron chi connectivity index (χ1n) is 5.30. The van der Waals surface area contributed by atoms with E-state index in [0.717, 1.165) is 5.56 Å². The molecule has 0 N–H and O–H groups in total. The van der Waals surface area contributed by atoms with Gasteiger partial charge < -0.3 is 4.74 Å². The third-order valence-electron chi connectivity index (χ3n) is 1.80. The van der Waals surface area contributed by atoms with E-state index in [4.69, 9.17) is 4.74 Å². The van der Waals surface area contributed by atoms with Crippen LogP contribution >= 0.6 is 15.9 Å². The average Bonchev–Trinajstić information content (AvgIpc) is 2.24. The number of hydrogen-bond acceptors (Lipinski definition) is 2. The van der Waals surface area contributed by atoms with Crippen LogP contribution < -0.4 is 0 Å². The van der Waals surface area contributed by atoms with Crippen LogP contribution in [0.2, 0.25) is 0 Å². The number of halogens is 1. The van der Waals surface area contributed by atoms with Crippen molar-refractivity contribution in [2.24, 2.45) is 0 Å². The molecule has 0 aliphatic heterocycles. The molecule has 0 aliphatic carbocycles. The van der Waals surface area contributed by atoms with E-state index < -0.39 is 5.60 Å². The number of ether oxygens (including phenoxy) is 1. The topological polar surface area (TPSA) is 26.3 Å². The highest BCUT2D eigenvalue weighted by Gasteiger charge is 2.17. The first-order chi connectivity index (χ1) is 7.92. The number of benzene rings is 1. The number of esters is 1. The Balaban J connectivity index is 2.88. The summed E-state index contributed by atoms with van der Waals surface area (Å²) in [4.78, 5) is 11.8. The molecule has 0 atom stereocenters. The van der Waals surface area contributed by atoms with Crippen molar-refractivity contribution in [2.45, 2.75) is 26.4 Å². The minimum absolute atomic E-state index is 0.319. The van der Waals surface area contributed by atoms with Gasteiger partial charge in [0, 0.05) is 5.56 Å². The molecule has 0 radical (unpaired) electrons. The molecule has 0 amide bonds. The van der Waals surface area contributed by atoms with Crippen molar-refractivity contribution in [3.8, 4) is 11.8 Å². The van der Waals surface area contributed by atoms with Crippen LogP contribution in [0.25, 0.3) is 0 Å². The van der Waals surface area contributed by atoms with Gasteiger partial charge in [-0.2, -0.15) is 0 Å². The lowest BCUT2D eigenvalue weighted by Gasteiger charge is -2.19. The van der Waals surface area contributed by atoms with Crippen LogP contribution in [0, 0.1) is 11.8 Å². The normalized spacial score (nSPS) is 10.4. The zero-order valence-electron chi connectivity index (χ0n) is 10.2. The molecule has 1 aromatic rings. The summed E-state index contributed by atoms with van der Waals surface area (Å²) < 4.78 is 5.29. The van der Waals surface area contributed by atoms with Crippen LogP contribution in [0.1, 0.15) is 36.7 Å². The van der Waals surface area contributed by atoms with Crippen LogP contribution in [0.5, 0.6) is 0 Å². The first-order valence-corrected chi connectivity index (χ1v) is 6.43. The summed E-state index contributed by atoms with van der Waals surface area (Å²) in [7, 11) is 0. The maximum absolute atomic E-state index is 11.8. The Bertz CT molecular complexity index is 461. The Kier molecular flexibility index (Phi) is 4.77. The largest absolute Gasteiger partial charge is 0.456 e. The van der Waals surface area contributed by atoms with Crippen LogP contribution in [-0.2, 0) is 4.74 Å². The van der Waals surface area contributed by atoms with Crippen molar-refractivity contribution in [1.82, 2.24) is 0 Å². The van der Waals surface area contributed by atoms with Gasteiger partial charge in [-0.15, -0.1) is 0 Å². The van der Waals surface area contributed by atoms with Gasteiger partial charge in [0.2, 0.25) is 0 Å². The summed E-state index contributed by atoms with van der Waals surface area (Å²) in [5.41, 5.74) is 0.864. The van der Waals surface area contributed by atoms with E-state index in [1.54, 1.807) is 18.2 Å². The van der Waals surface area contributed by atoms with E-state index >= 15 is 0 Å². The maximum atomic E-state index is 11.8. The van der Waals surface area contributed by atoms with Crippen molar-refractivity contribution in [3.63, 3.8) is 0 Å². The lowest BCUT2D eigenvalue weighted by molar-refractivity contribution is 0.00695.